The van der Waals surface area contributed by atoms with Crippen LogP contribution >= 0.6 is 0 Å². The van der Waals surface area contributed by atoms with Crippen molar-refractivity contribution in [1.29, 1.82) is 0 Å². The van der Waals surface area contributed by atoms with Gasteiger partial charge in [0.05, 0.1) is 7.11 Å². The van der Waals surface area contributed by atoms with Crippen LogP contribution in [0.25, 0.3) is 0 Å². The molecule has 2 N–H and O–H groups in total. The molecule has 1 aromatic rings. The van der Waals surface area contributed by atoms with E-state index in [0.29, 0.717) is 0 Å². The van der Waals surface area contributed by atoms with Gasteiger partial charge in [-0.15, -0.1) is 0 Å². The lowest BCUT2D eigenvalue weighted by atomic mass is 9.86. The molecule has 1 unspecified atom stereocenters. The van der Waals surface area contributed by atoms with Gasteiger partial charge in [0.15, 0.2) is 0 Å². The van der Waals surface area contributed by atoms with Gasteiger partial charge in [-0.2, -0.15) is 0 Å². The number of nitrogens with two attached hydrogens (primary N) is 1. The van der Waals surface area contributed by atoms with Crippen LogP contribution in [0.2, 0.25) is 0 Å². The number of rotatable bonds is 3. The minimum Gasteiger partial charge on any atom is -0.497 e. The SMILES string of the molecule is COc1ccc(C2(C(C)N)CC2)c(C)c1. The van der Waals surface area contributed by atoms with Gasteiger partial charge in [0.1, 0.15) is 5.75 Å². The van der Waals surface area contributed by atoms with Crippen molar-refractivity contribution in [1.82, 2.24) is 0 Å². The highest BCUT2D eigenvalue weighted by atomic mass is 16.5. The summed E-state index contributed by atoms with van der Waals surface area (Å²) in [5.74, 6) is 0.928. The van der Waals surface area contributed by atoms with Crippen LogP contribution in [0.5, 0.6) is 5.75 Å². The molecule has 1 atom stereocenters. The van der Waals surface area contributed by atoms with Crippen LogP contribution in [0, 0.1) is 6.92 Å². The molecule has 1 aliphatic carbocycles. The fourth-order valence-electron chi connectivity index (χ4n) is 2.43. The molecular weight excluding hydrogens is 186 g/mol. The lowest BCUT2D eigenvalue weighted by Gasteiger charge is -2.22. The predicted octanol–water partition coefficient (Wildman–Crippen LogP) is 2.38. The molecule has 2 rings (SSSR count). The van der Waals surface area contributed by atoms with Crippen molar-refractivity contribution in [3.05, 3.63) is 29.3 Å². The first kappa shape index (κ1) is 10.5. The standard InChI is InChI=1S/C13H19NO/c1-9-8-11(15-3)4-5-12(9)13(6-7-13)10(2)14/h4-5,8,10H,6-7,14H2,1-3H3. The average Bonchev–Trinajstić information content (AvgIpc) is 2.98. The van der Waals surface area contributed by atoms with Gasteiger partial charge in [-0.05, 0) is 49.9 Å². The lowest BCUT2D eigenvalue weighted by Crippen LogP contribution is -2.32. The number of aryl methyl sites for hydroxylation is 1. The molecule has 0 aliphatic heterocycles. The highest BCUT2D eigenvalue weighted by molar-refractivity contribution is 5.43. The highest BCUT2D eigenvalue weighted by Crippen LogP contribution is 2.51. The summed E-state index contributed by atoms with van der Waals surface area (Å²) >= 11 is 0. The van der Waals surface area contributed by atoms with Crippen LogP contribution < -0.4 is 10.5 Å². The molecule has 0 amide bonds. The lowest BCUT2D eigenvalue weighted by molar-refractivity contribution is 0.414. The Kier molecular flexibility index (Phi) is 2.47. The molecule has 0 heterocycles. The molecule has 2 heteroatoms. The van der Waals surface area contributed by atoms with Gasteiger partial charge in [-0.25, -0.2) is 0 Å². The molecule has 1 saturated carbocycles. The van der Waals surface area contributed by atoms with E-state index >= 15 is 0 Å². The Morgan fingerprint density at radius 3 is 2.47 bits per heavy atom. The van der Waals surface area contributed by atoms with Crippen molar-refractivity contribution in [2.75, 3.05) is 7.11 Å². The summed E-state index contributed by atoms with van der Waals surface area (Å²) in [6.07, 6.45) is 2.44. The van der Waals surface area contributed by atoms with E-state index < -0.39 is 0 Å². The second-order valence-electron chi connectivity index (χ2n) is 4.63. The first-order valence-electron chi connectivity index (χ1n) is 5.51. The predicted molar refractivity (Wildman–Crippen MR) is 62.3 cm³/mol. The van der Waals surface area contributed by atoms with E-state index in [1.54, 1.807) is 7.11 Å². The van der Waals surface area contributed by atoms with E-state index in [1.807, 2.05) is 6.07 Å². The van der Waals surface area contributed by atoms with Crippen LogP contribution in [-0.2, 0) is 5.41 Å². The third kappa shape index (κ3) is 1.63. The van der Waals surface area contributed by atoms with Crippen LogP contribution in [0.3, 0.4) is 0 Å². The first-order valence-corrected chi connectivity index (χ1v) is 5.51. The number of hydrogen-bond acceptors (Lipinski definition) is 2. The molecule has 0 radical (unpaired) electrons. The monoisotopic (exact) mass is 205 g/mol. The van der Waals surface area contributed by atoms with Crippen molar-refractivity contribution in [2.24, 2.45) is 5.73 Å². The van der Waals surface area contributed by atoms with Crippen molar-refractivity contribution in [3.63, 3.8) is 0 Å². The van der Waals surface area contributed by atoms with Gasteiger partial charge in [0.2, 0.25) is 0 Å². The van der Waals surface area contributed by atoms with Gasteiger partial charge in [-0.1, -0.05) is 6.07 Å². The maximum Gasteiger partial charge on any atom is 0.119 e. The van der Waals surface area contributed by atoms with Crippen molar-refractivity contribution in [2.45, 2.75) is 38.1 Å². The summed E-state index contributed by atoms with van der Waals surface area (Å²) in [4.78, 5) is 0. The molecule has 0 bridgehead atoms. The van der Waals surface area contributed by atoms with Crippen LogP contribution in [0.1, 0.15) is 30.9 Å². The molecular formula is C13H19NO. The topological polar surface area (TPSA) is 35.2 Å². The van der Waals surface area contributed by atoms with Crippen LogP contribution in [0.15, 0.2) is 18.2 Å². The zero-order chi connectivity index (χ0) is 11.1. The number of methoxy groups -OCH3 is 1. The summed E-state index contributed by atoms with van der Waals surface area (Å²) < 4.78 is 5.21. The molecule has 2 nitrogen and oxygen atoms in total. The van der Waals surface area contributed by atoms with Crippen molar-refractivity contribution >= 4 is 0 Å². The molecule has 82 valence electrons. The fraction of sp³-hybridized carbons (Fsp3) is 0.538. The minimum absolute atomic E-state index is 0.240. The highest BCUT2D eigenvalue weighted by Gasteiger charge is 2.48. The van der Waals surface area contributed by atoms with Gasteiger partial charge in [0.25, 0.3) is 0 Å². The summed E-state index contributed by atoms with van der Waals surface area (Å²) in [5, 5.41) is 0. The Morgan fingerprint density at radius 1 is 1.40 bits per heavy atom. The number of ether oxygens (including phenoxy) is 1. The van der Waals surface area contributed by atoms with E-state index in [9.17, 15) is 0 Å². The minimum atomic E-state index is 0.240. The summed E-state index contributed by atoms with van der Waals surface area (Å²) in [7, 11) is 1.70. The number of benzene rings is 1. The second-order valence-corrected chi connectivity index (χ2v) is 4.63. The van der Waals surface area contributed by atoms with Crippen LogP contribution in [-0.4, -0.2) is 13.2 Å². The maximum absolute atomic E-state index is 6.07. The van der Waals surface area contributed by atoms with E-state index in [4.69, 9.17) is 10.5 Å². The normalized spacial score (nSPS) is 19.7. The fourth-order valence-corrected chi connectivity index (χ4v) is 2.43. The van der Waals surface area contributed by atoms with Gasteiger partial charge >= 0.3 is 0 Å². The molecule has 1 fully saturated rings. The molecule has 15 heavy (non-hydrogen) atoms. The Labute approximate surface area is 91.4 Å². The molecule has 0 spiro atoms. The molecule has 1 aromatic carbocycles. The van der Waals surface area contributed by atoms with E-state index in [-0.39, 0.29) is 11.5 Å². The molecule has 0 saturated heterocycles. The third-order valence-corrected chi connectivity index (χ3v) is 3.63. The zero-order valence-corrected chi connectivity index (χ0v) is 9.71. The second kappa shape index (κ2) is 3.53. The summed E-state index contributed by atoms with van der Waals surface area (Å²) in [5.41, 5.74) is 9.02. The Morgan fingerprint density at radius 2 is 2.07 bits per heavy atom. The smallest absolute Gasteiger partial charge is 0.119 e. The quantitative estimate of drug-likeness (QED) is 0.822. The van der Waals surface area contributed by atoms with Gasteiger partial charge in [0, 0.05) is 11.5 Å². The van der Waals surface area contributed by atoms with Gasteiger partial charge in [-0.3, -0.25) is 0 Å². The van der Waals surface area contributed by atoms with E-state index in [1.165, 1.54) is 24.0 Å². The van der Waals surface area contributed by atoms with Crippen molar-refractivity contribution < 1.29 is 4.74 Å². The summed E-state index contributed by atoms with van der Waals surface area (Å²) in [6.45, 7) is 4.25. The van der Waals surface area contributed by atoms with E-state index in [0.717, 1.165) is 5.75 Å². The maximum atomic E-state index is 6.07. The zero-order valence-electron chi connectivity index (χ0n) is 9.71. The Bertz CT molecular complexity index is 367. The first-order chi connectivity index (χ1) is 7.10. The number of hydrogen-bond donors (Lipinski definition) is 1. The van der Waals surface area contributed by atoms with E-state index in [2.05, 4.69) is 26.0 Å². The van der Waals surface area contributed by atoms with Crippen LogP contribution in [0.4, 0.5) is 0 Å². The van der Waals surface area contributed by atoms with Crippen molar-refractivity contribution in [3.8, 4) is 5.75 Å². The largest absolute Gasteiger partial charge is 0.497 e. The third-order valence-electron chi connectivity index (χ3n) is 3.63. The van der Waals surface area contributed by atoms with Gasteiger partial charge < -0.3 is 10.5 Å². The molecule has 0 aromatic heterocycles. The summed E-state index contributed by atoms with van der Waals surface area (Å²) in [6, 6.07) is 6.54. The Hall–Kier alpha value is -1.02. The Balaban J connectivity index is 2.37. The molecule has 1 aliphatic rings. The average molecular weight is 205 g/mol.